The maximum atomic E-state index is 12.5. The number of esters is 3. The monoisotopic (exact) mass is 653 g/mol. The Kier molecular flexibility index (Phi) is 33.5. The van der Waals surface area contributed by atoms with Crippen molar-refractivity contribution in [2.24, 2.45) is 5.92 Å². The highest BCUT2D eigenvalue weighted by molar-refractivity contribution is 5.71. The van der Waals surface area contributed by atoms with Gasteiger partial charge in [-0.3, -0.25) is 14.4 Å². The Bertz CT molecular complexity index is 691. The molecule has 0 radical (unpaired) electrons. The SMILES string of the molecule is CCCCCCCCCCCCCCCC(=O)OC[C@H](COC(=O)CCCCCCCCCC(C)C)OC(=O)CCCCCCC. The van der Waals surface area contributed by atoms with Crippen LogP contribution in [0.1, 0.15) is 214 Å². The van der Waals surface area contributed by atoms with E-state index in [1.807, 2.05) is 0 Å². The number of carbonyl (C=O) groups excluding carboxylic acids is 3. The lowest BCUT2D eigenvalue weighted by molar-refractivity contribution is -0.167. The van der Waals surface area contributed by atoms with Crippen molar-refractivity contribution in [3.05, 3.63) is 0 Å². The molecule has 6 heteroatoms. The van der Waals surface area contributed by atoms with Crippen molar-refractivity contribution in [1.29, 1.82) is 0 Å². The fourth-order valence-electron chi connectivity index (χ4n) is 5.74. The van der Waals surface area contributed by atoms with Crippen LogP contribution in [0.4, 0.5) is 0 Å². The lowest BCUT2D eigenvalue weighted by atomic mass is 10.0. The molecule has 0 aliphatic carbocycles. The minimum Gasteiger partial charge on any atom is -0.462 e. The summed E-state index contributed by atoms with van der Waals surface area (Å²) in [7, 11) is 0. The van der Waals surface area contributed by atoms with E-state index in [0.717, 1.165) is 70.1 Å². The van der Waals surface area contributed by atoms with Gasteiger partial charge in [0, 0.05) is 19.3 Å². The molecular formula is C40H76O6. The fraction of sp³-hybridized carbons (Fsp3) is 0.925. The third kappa shape index (κ3) is 33.8. The Morgan fingerprint density at radius 3 is 1.07 bits per heavy atom. The molecule has 0 heterocycles. The number of unbranched alkanes of at least 4 members (excludes halogenated alkanes) is 22. The molecule has 0 fully saturated rings. The number of carbonyl (C=O) groups is 3. The Morgan fingerprint density at radius 1 is 0.413 bits per heavy atom. The molecule has 0 saturated carbocycles. The van der Waals surface area contributed by atoms with Gasteiger partial charge in [0.05, 0.1) is 0 Å². The molecule has 0 aliphatic heterocycles. The highest BCUT2D eigenvalue weighted by Gasteiger charge is 2.19. The van der Waals surface area contributed by atoms with Gasteiger partial charge in [-0.25, -0.2) is 0 Å². The van der Waals surface area contributed by atoms with Gasteiger partial charge in [-0.1, -0.05) is 175 Å². The molecule has 6 nitrogen and oxygen atoms in total. The van der Waals surface area contributed by atoms with Gasteiger partial charge in [0.2, 0.25) is 0 Å². The summed E-state index contributed by atoms with van der Waals surface area (Å²) < 4.78 is 16.5. The van der Waals surface area contributed by atoms with Crippen molar-refractivity contribution in [3.8, 4) is 0 Å². The van der Waals surface area contributed by atoms with E-state index < -0.39 is 6.10 Å². The molecule has 0 aromatic rings. The molecule has 0 aromatic heterocycles. The zero-order chi connectivity index (χ0) is 33.9. The van der Waals surface area contributed by atoms with Crippen molar-refractivity contribution < 1.29 is 28.6 Å². The lowest BCUT2D eigenvalue weighted by Gasteiger charge is -2.18. The molecule has 0 N–H and O–H groups in total. The maximum absolute atomic E-state index is 12.5. The van der Waals surface area contributed by atoms with Gasteiger partial charge in [-0.2, -0.15) is 0 Å². The largest absolute Gasteiger partial charge is 0.462 e. The number of hydrogen-bond donors (Lipinski definition) is 0. The van der Waals surface area contributed by atoms with E-state index in [-0.39, 0.29) is 31.1 Å². The number of hydrogen-bond acceptors (Lipinski definition) is 6. The third-order valence-corrected chi connectivity index (χ3v) is 8.79. The minimum absolute atomic E-state index is 0.0665. The standard InChI is InChI=1S/C40H76O6/c1-5-7-9-11-12-13-14-15-16-17-20-24-27-31-38(41)44-34-37(46-40(43)33-29-22-10-8-6-2)35-45-39(42)32-28-25-21-18-19-23-26-30-36(3)4/h36-37H,5-35H2,1-4H3/t37-/m1/s1. The van der Waals surface area contributed by atoms with Gasteiger partial charge in [-0.15, -0.1) is 0 Å². The fourth-order valence-corrected chi connectivity index (χ4v) is 5.74. The molecule has 0 unspecified atom stereocenters. The van der Waals surface area contributed by atoms with E-state index in [2.05, 4.69) is 27.7 Å². The normalized spacial score (nSPS) is 11.9. The molecule has 46 heavy (non-hydrogen) atoms. The van der Waals surface area contributed by atoms with Gasteiger partial charge in [-0.05, 0) is 25.2 Å². The van der Waals surface area contributed by atoms with E-state index in [1.165, 1.54) is 103 Å². The summed E-state index contributed by atoms with van der Waals surface area (Å²) in [5.41, 5.74) is 0. The van der Waals surface area contributed by atoms with Gasteiger partial charge in [0.1, 0.15) is 13.2 Å². The average molecular weight is 653 g/mol. The number of rotatable bonds is 35. The molecule has 0 bridgehead atoms. The van der Waals surface area contributed by atoms with Crippen LogP contribution in [0, 0.1) is 5.92 Å². The summed E-state index contributed by atoms with van der Waals surface area (Å²) in [4.78, 5) is 37.2. The predicted octanol–water partition coefficient (Wildman–Crippen LogP) is 12.0. The average Bonchev–Trinajstić information content (AvgIpc) is 3.03. The lowest BCUT2D eigenvalue weighted by Crippen LogP contribution is -2.30. The molecule has 0 saturated heterocycles. The van der Waals surface area contributed by atoms with Crippen LogP contribution in [-0.2, 0) is 28.6 Å². The van der Waals surface area contributed by atoms with E-state index in [1.54, 1.807) is 0 Å². The zero-order valence-corrected chi connectivity index (χ0v) is 31.0. The molecule has 0 amide bonds. The van der Waals surface area contributed by atoms with Crippen molar-refractivity contribution in [2.75, 3.05) is 13.2 Å². The van der Waals surface area contributed by atoms with E-state index >= 15 is 0 Å². The Balaban J connectivity index is 4.21. The first-order valence-corrected chi connectivity index (χ1v) is 19.9. The van der Waals surface area contributed by atoms with E-state index in [4.69, 9.17) is 14.2 Å². The molecule has 1 atom stereocenters. The highest BCUT2D eigenvalue weighted by atomic mass is 16.6. The second-order valence-corrected chi connectivity index (χ2v) is 14.0. The first-order chi connectivity index (χ1) is 22.4. The summed E-state index contributed by atoms with van der Waals surface area (Å²) in [6.45, 7) is 8.83. The smallest absolute Gasteiger partial charge is 0.306 e. The van der Waals surface area contributed by atoms with Crippen LogP contribution in [0.2, 0.25) is 0 Å². The first-order valence-electron chi connectivity index (χ1n) is 19.9. The molecule has 0 spiro atoms. The van der Waals surface area contributed by atoms with Crippen LogP contribution in [0.3, 0.4) is 0 Å². The molecule has 0 rings (SSSR count). The predicted molar refractivity (Wildman–Crippen MR) is 192 cm³/mol. The zero-order valence-electron chi connectivity index (χ0n) is 31.0. The van der Waals surface area contributed by atoms with Gasteiger partial charge in [0.25, 0.3) is 0 Å². The summed E-state index contributed by atoms with van der Waals surface area (Å²) in [6, 6.07) is 0. The van der Waals surface area contributed by atoms with Crippen LogP contribution in [-0.4, -0.2) is 37.2 Å². The van der Waals surface area contributed by atoms with Crippen molar-refractivity contribution in [1.82, 2.24) is 0 Å². The maximum Gasteiger partial charge on any atom is 0.306 e. The Morgan fingerprint density at radius 2 is 0.717 bits per heavy atom. The summed E-state index contributed by atoms with van der Waals surface area (Å²) in [5, 5.41) is 0. The number of ether oxygens (including phenoxy) is 3. The van der Waals surface area contributed by atoms with E-state index in [9.17, 15) is 14.4 Å². The quantitative estimate of drug-likeness (QED) is 0.0385. The van der Waals surface area contributed by atoms with Crippen LogP contribution in [0.15, 0.2) is 0 Å². The second kappa shape index (κ2) is 34.7. The molecule has 0 aliphatic rings. The van der Waals surface area contributed by atoms with Crippen LogP contribution < -0.4 is 0 Å². The molecule has 0 aromatic carbocycles. The molecular weight excluding hydrogens is 576 g/mol. The summed E-state index contributed by atoms with van der Waals surface area (Å²) >= 11 is 0. The first kappa shape index (κ1) is 44.4. The van der Waals surface area contributed by atoms with Crippen molar-refractivity contribution in [3.63, 3.8) is 0 Å². The highest BCUT2D eigenvalue weighted by Crippen LogP contribution is 2.15. The molecule has 272 valence electrons. The van der Waals surface area contributed by atoms with Crippen molar-refractivity contribution >= 4 is 17.9 Å². The minimum atomic E-state index is -0.756. The van der Waals surface area contributed by atoms with Gasteiger partial charge < -0.3 is 14.2 Å². The second-order valence-electron chi connectivity index (χ2n) is 14.0. The summed E-state index contributed by atoms with van der Waals surface area (Å²) in [5.74, 6) is -0.0980. The van der Waals surface area contributed by atoms with E-state index in [0.29, 0.717) is 19.3 Å². The van der Waals surface area contributed by atoms with Crippen LogP contribution >= 0.6 is 0 Å². The summed E-state index contributed by atoms with van der Waals surface area (Å²) in [6.07, 6.45) is 31.2. The van der Waals surface area contributed by atoms with Gasteiger partial charge in [0.15, 0.2) is 6.10 Å². The topological polar surface area (TPSA) is 78.9 Å². The Labute approximate surface area is 285 Å². The Hall–Kier alpha value is -1.59. The van der Waals surface area contributed by atoms with Crippen LogP contribution in [0.25, 0.3) is 0 Å². The van der Waals surface area contributed by atoms with Crippen molar-refractivity contribution in [2.45, 2.75) is 220 Å². The van der Waals surface area contributed by atoms with Crippen LogP contribution in [0.5, 0.6) is 0 Å². The van der Waals surface area contributed by atoms with Gasteiger partial charge >= 0.3 is 17.9 Å². The third-order valence-electron chi connectivity index (χ3n) is 8.79.